The lowest BCUT2D eigenvalue weighted by atomic mass is 10.0. The van der Waals surface area contributed by atoms with Gasteiger partial charge in [0.1, 0.15) is 11.4 Å². The minimum Gasteiger partial charge on any atom is -0.395 e. The lowest BCUT2D eigenvalue weighted by molar-refractivity contribution is 0.303. The zero-order chi connectivity index (χ0) is 16.1. The molecule has 0 saturated carbocycles. The summed E-state index contributed by atoms with van der Waals surface area (Å²) in [4.78, 5) is 6.46. The third-order valence-corrected chi connectivity index (χ3v) is 3.55. The Hall–Kier alpha value is -2.79. The van der Waals surface area contributed by atoms with Gasteiger partial charge in [-0.2, -0.15) is 0 Å². The molecule has 0 radical (unpaired) electrons. The molecule has 0 aliphatic heterocycles. The number of aliphatic hydroxyl groups is 1. The summed E-state index contributed by atoms with van der Waals surface area (Å²) in [6, 6.07) is 19.8. The van der Waals surface area contributed by atoms with Crippen LogP contribution in [0.15, 0.2) is 60.7 Å². The first-order chi connectivity index (χ1) is 11.3. The molecule has 0 aliphatic carbocycles. The largest absolute Gasteiger partial charge is 0.395 e. The van der Waals surface area contributed by atoms with Crippen LogP contribution >= 0.6 is 0 Å². The van der Waals surface area contributed by atoms with E-state index in [4.69, 9.17) is 5.11 Å². The maximum absolute atomic E-state index is 9.10. The Balaban J connectivity index is 2.13. The molecule has 116 valence electrons. The van der Waals surface area contributed by atoms with Crippen molar-refractivity contribution in [3.8, 4) is 22.5 Å². The Morgan fingerprint density at radius 3 is 1.96 bits per heavy atom. The summed E-state index contributed by atoms with van der Waals surface area (Å²) < 4.78 is 0. The molecule has 0 fully saturated rings. The van der Waals surface area contributed by atoms with Crippen molar-refractivity contribution in [3.63, 3.8) is 0 Å². The second-order valence-corrected chi connectivity index (χ2v) is 5.19. The van der Waals surface area contributed by atoms with Gasteiger partial charge in [-0.1, -0.05) is 60.7 Å². The van der Waals surface area contributed by atoms with Gasteiger partial charge in [-0.15, -0.1) is 10.2 Å². The first-order valence-electron chi connectivity index (χ1n) is 7.47. The molecule has 0 saturated heterocycles. The first kappa shape index (κ1) is 15.1. The lowest BCUT2D eigenvalue weighted by Crippen LogP contribution is -2.24. The smallest absolute Gasteiger partial charge is 0.245 e. The first-order valence-corrected chi connectivity index (χ1v) is 7.47. The molecule has 3 rings (SSSR count). The Labute approximate surface area is 135 Å². The summed E-state index contributed by atoms with van der Waals surface area (Å²) in [6.45, 7) is 0.502. The van der Waals surface area contributed by atoms with Gasteiger partial charge in [0.2, 0.25) is 5.95 Å². The number of aliphatic hydroxyl groups excluding tert-OH is 1. The molecule has 0 amide bonds. The predicted molar refractivity (Wildman–Crippen MR) is 91.1 cm³/mol. The zero-order valence-electron chi connectivity index (χ0n) is 12.9. The van der Waals surface area contributed by atoms with E-state index < -0.39 is 0 Å². The van der Waals surface area contributed by atoms with Gasteiger partial charge in [0.05, 0.1) is 6.61 Å². The second-order valence-electron chi connectivity index (χ2n) is 5.19. The van der Waals surface area contributed by atoms with E-state index in [0.29, 0.717) is 12.5 Å². The highest BCUT2D eigenvalue weighted by Gasteiger charge is 2.14. The minimum absolute atomic E-state index is 0.0426. The van der Waals surface area contributed by atoms with Crippen LogP contribution in [-0.4, -0.2) is 40.5 Å². The van der Waals surface area contributed by atoms with Crippen molar-refractivity contribution in [3.05, 3.63) is 60.7 Å². The summed E-state index contributed by atoms with van der Waals surface area (Å²) in [5.41, 5.74) is 3.49. The normalized spacial score (nSPS) is 10.5. The highest BCUT2D eigenvalue weighted by molar-refractivity contribution is 5.78. The highest BCUT2D eigenvalue weighted by atomic mass is 16.3. The van der Waals surface area contributed by atoms with Crippen LogP contribution in [0.5, 0.6) is 0 Å². The van der Waals surface area contributed by atoms with Crippen LogP contribution in [0.25, 0.3) is 22.5 Å². The SMILES string of the molecule is CN(CCO)c1nnc(-c2ccccc2)c(-c2ccccc2)n1. The topological polar surface area (TPSA) is 62.1 Å². The van der Waals surface area contributed by atoms with Crippen LogP contribution in [0.2, 0.25) is 0 Å². The molecule has 0 atom stereocenters. The molecule has 5 nitrogen and oxygen atoms in total. The summed E-state index contributed by atoms with van der Waals surface area (Å²) in [6.07, 6.45) is 0. The summed E-state index contributed by atoms with van der Waals surface area (Å²) >= 11 is 0. The van der Waals surface area contributed by atoms with Gasteiger partial charge >= 0.3 is 0 Å². The van der Waals surface area contributed by atoms with Crippen LogP contribution in [0.4, 0.5) is 5.95 Å². The van der Waals surface area contributed by atoms with Crippen molar-refractivity contribution in [1.29, 1.82) is 0 Å². The van der Waals surface area contributed by atoms with Crippen LogP contribution in [0, 0.1) is 0 Å². The number of nitrogens with zero attached hydrogens (tertiary/aromatic N) is 4. The Morgan fingerprint density at radius 2 is 1.39 bits per heavy atom. The molecule has 1 aromatic heterocycles. The van der Waals surface area contributed by atoms with Gasteiger partial charge in [0.15, 0.2) is 0 Å². The zero-order valence-corrected chi connectivity index (χ0v) is 12.9. The molecule has 0 unspecified atom stereocenters. The number of rotatable bonds is 5. The van der Waals surface area contributed by atoms with Crippen molar-refractivity contribution in [2.24, 2.45) is 0 Å². The van der Waals surface area contributed by atoms with Gasteiger partial charge in [0, 0.05) is 24.7 Å². The summed E-state index contributed by atoms with van der Waals surface area (Å²) in [5.74, 6) is 0.498. The quantitative estimate of drug-likeness (QED) is 0.785. The van der Waals surface area contributed by atoms with E-state index >= 15 is 0 Å². The Morgan fingerprint density at radius 1 is 0.826 bits per heavy atom. The molecule has 23 heavy (non-hydrogen) atoms. The minimum atomic E-state index is 0.0426. The average molecular weight is 306 g/mol. The van der Waals surface area contributed by atoms with Gasteiger partial charge in [0.25, 0.3) is 0 Å². The number of aromatic nitrogens is 3. The van der Waals surface area contributed by atoms with Gasteiger partial charge in [-0.25, -0.2) is 4.98 Å². The molecule has 3 aromatic rings. The maximum atomic E-state index is 9.10. The van der Waals surface area contributed by atoms with E-state index in [2.05, 4.69) is 15.2 Å². The van der Waals surface area contributed by atoms with Crippen LogP contribution in [-0.2, 0) is 0 Å². The van der Waals surface area contributed by atoms with Crippen molar-refractivity contribution in [2.75, 3.05) is 25.1 Å². The van der Waals surface area contributed by atoms with Gasteiger partial charge in [-0.05, 0) is 0 Å². The van der Waals surface area contributed by atoms with Gasteiger partial charge in [-0.3, -0.25) is 0 Å². The molecule has 0 aliphatic rings. The van der Waals surface area contributed by atoms with Crippen LogP contribution < -0.4 is 4.90 Å². The van der Waals surface area contributed by atoms with Crippen molar-refractivity contribution in [1.82, 2.24) is 15.2 Å². The van der Waals surface area contributed by atoms with E-state index in [0.717, 1.165) is 22.5 Å². The van der Waals surface area contributed by atoms with Crippen LogP contribution in [0.1, 0.15) is 0 Å². The van der Waals surface area contributed by atoms with Crippen molar-refractivity contribution in [2.45, 2.75) is 0 Å². The maximum Gasteiger partial charge on any atom is 0.245 e. The van der Waals surface area contributed by atoms with E-state index in [9.17, 15) is 0 Å². The number of benzene rings is 2. The van der Waals surface area contributed by atoms with Gasteiger partial charge < -0.3 is 10.0 Å². The van der Waals surface area contributed by atoms with Crippen molar-refractivity contribution < 1.29 is 5.11 Å². The molecule has 2 aromatic carbocycles. The molecular weight excluding hydrogens is 288 g/mol. The monoisotopic (exact) mass is 306 g/mol. The molecular formula is C18H18N4O. The molecule has 1 N–H and O–H groups in total. The Bertz CT molecular complexity index is 762. The van der Waals surface area contributed by atoms with Crippen LogP contribution in [0.3, 0.4) is 0 Å². The predicted octanol–water partition coefficient (Wildman–Crippen LogP) is 2.63. The molecule has 1 heterocycles. The molecule has 0 bridgehead atoms. The number of anilines is 1. The third-order valence-electron chi connectivity index (χ3n) is 3.55. The number of hydrogen-bond donors (Lipinski definition) is 1. The second kappa shape index (κ2) is 6.98. The fraction of sp³-hybridized carbons (Fsp3) is 0.167. The van der Waals surface area contributed by atoms with Crippen molar-refractivity contribution >= 4 is 5.95 Å². The fourth-order valence-electron chi connectivity index (χ4n) is 2.32. The standard InChI is InChI=1S/C18H18N4O/c1-22(12-13-23)18-19-16(14-8-4-2-5-9-14)17(20-21-18)15-10-6-3-7-11-15/h2-11,23H,12-13H2,1H3. The average Bonchev–Trinajstić information content (AvgIpc) is 2.63. The van der Waals surface area contributed by atoms with E-state index in [1.807, 2.05) is 67.7 Å². The molecule has 0 spiro atoms. The Kier molecular flexibility index (Phi) is 4.59. The summed E-state index contributed by atoms with van der Waals surface area (Å²) in [5, 5.41) is 17.7. The van der Waals surface area contributed by atoms with E-state index in [1.54, 1.807) is 4.90 Å². The van der Waals surface area contributed by atoms with E-state index in [1.165, 1.54) is 0 Å². The highest BCUT2D eigenvalue weighted by Crippen LogP contribution is 2.29. The lowest BCUT2D eigenvalue weighted by Gasteiger charge is -2.17. The van der Waals surface area contributed by atoms with E-state index in [-0.39, 0.29) is 6.61 Å². The number of likely N-dealkylation sites (N-methyl/N-ethyl adjacent to an activating group) is 1. The third kappa shape index (κ3) is 3.35. The number of hydrogen-bond acceptors (Lipinski definition) is 5. The fourth-order valence-corrected chi connectivity index (χ4v) is 2.32. The summed E-state index contributed by atoms with van der Waals surface area (Å²) in [7, 11) is 1.84. The molecule has 5 heteroatoms.